The Hall–Kier alpha value is -1.84. The number of aryl methyl sites for hydroxylation is 1. The third-order valence-electron chi connectivity index (χ3n) is 2.98. The zero-order valence-electron chi connectivity index (χ0n) is 11.4. The summed E-state index contributed by atoms with van der Waals surface area (Å²) in [5.74, 6) is -0.330. The molecule has 0 bridgehead atoms. The van der Waals surface area contributed by atoms with Crippen molar-refractivity contribution in [1.29, 1.82) is 0 Å². The number of hydrogen-bond donors (Lipinski definition) is 0. The molecule has 0 amide bonds. The molecule has 2 aromatic rings. The number of hydrogen-bond acceptors (Lipinski definition) is 3. The predicted octanol–water partition coefficient (Wildman–Crippen LogP) is 2.66. The molecule has 0 fully saturated rings. The largest absolute Gasteiger partial charge is 0.465 e. The minimum Gasteiger partial charge on any atom is -0.465 e. The third-order valence-corrected chi connectivity index (χ3v) is 2.98. The number of benzene rings is 1. The molecule has 0 aliphatic heterocycles. The predicted molar refractivity (Wildman–Crippen MR) is 70.8 cm³/mol. The molecule has 4 nitrogen and oxygen atoms in total. The highest BCUT2D eigenvalue weighted by Gasteiger charge is 2.24. The highest BCUT2D eigenvalue weighted by molar-refractivity contribution is 6.03. The molecule has 0 aliphatic rings. The van der Waals surface area contributed by atoms with Crippen molar-refractivity contribution >= 4 is 16.9 Å². The molecular formula is C14H18N2O2. The summed E-state index contributed by atoms with van der Waals surface area (Å²) in [6.45, 7) is 6.33. The first-order chi connectivity index (χ1) is 8.36. The van der Waals surface area contributed by atoms with Crippen LogP contribution >= 0.6 is 0 Å². The van der Waals surface area contributed by atoms with Gasteiger partial charge in [-0.3, -0.25) is 4.68 Å². The van der Waals surface area contributed by atoms with Crippen LogP contribution in [0.4, 0.5) is 0 Å². The zero-order chi connectivity index (χ0) is 13.5. The van der Waals surface area contributed by atoms with Crippen LogP contribution in [0.25, 0.3) is 10.9 Å². The van der Waals surface area contributed by atoms with Crippen LogP contribution in [0.2, 0.25) is 0 Å². The molecular weight excluding hydrogens is 228 g/mol. The quantitative estimate of drug-likeness (QED) is 0.727. The smallest absolute Gasteiger partial charge is 0.340 e. The van der Waals surface area contributed by atoms with E-state index in [0.29, 0.717) is 5.56 Å². The second kappa shape index (κ2) is 4.12. The van der Waals surface area contributed by atoms with E-state index in [2.05, 4.69) is 25.9 Å². The number of nitrogens with zero attached hydrogens (tertiary/aromatic N) is 2. The summed E-state index contributed by atoms with van der Waals surface area (Å²) in [6.07, 6.45) is 0. The molecule has 4 heteroatoms. The average molecular weight is 246 g/mol. The molecule has 0 saturated carbocycles. The highest BCUT2D eigenvalue weighted by Crippen LogP contribution is 2.30. The van der Waals surface area contributed by atoms with Crippen molar-refractivity contribution < 1.29 is 9.53 Å². The van der Waals surface area contributed by atoms with E-state index in [4.69, 9.17) is 4.74 Å². The van der Waals surface area contributed by atoms with Crippen molar-refractivity contribution in [2.45, 2.75) is 26.2 Å². The van der Waals surface area contributed by atoms with Crippen LogP contribution in [0.5, 0.6) is 0 Å². The standard InChI is InChI=1S/C14H18N2O2/c1-14(2,3)12-9-7-6-8-10(13(17)18-5)11(9)16(4)15-12/h6-8H,1-5H3. The number of aromatic nitrogens is 2. The summed E-state index contributed by atoms with van der Waals surface area (Å²) in [4.78, 5) is 11.8. The summed E-state index contributed by atoms with van der Waals surface area (Å²) in [5, 5.41) is 5.55. The fourth-order valence-electron chi connectivity index (χ4n) is 2.17. The van der Waals surface area contributed by atoms with Gasteiger partial charge in [0, 0.05) is 17.8 Å². The van der Waals surface area contributed by atoms with Gasteiger partial charge in [-0.25, -0.2) is 4.79 Å². The van der Waals surface area contributed by atoms with E-state index in [9.17, 15) is 4.79 Å². The van der Waals surface area contributed by atoms with Gasteiger partial charge in [-0.05, 0) is 6.07 Å². The minimum absolute atomic E-state index is 0.0613. The van der Waals surface area contributed by atoms with Gasteiger partial charge in [0.15, 0.2) is 0 Å². The molecule has 96 valence electrons. The molecule has 0 N–H and O–H groups in total. The number of ether oxygens (including phenoxy) is 1. The molecule has 18 heavy (non-hydrogen) atoms. The van der Waals surface area contributed by atoms with Gasteiger partial charge in [-0.1, -0.05) is 32.9 Å². The molecule has 0 atom stereocenters. The first-order valence-corrected chi connectivity index (χ1v) is 5.90. The number of esters is 1. The molecule has 2 rings (SSSR count). The SMILES string of the molecule is COC(=O)c1cccc2c(C(C)(C)C)nn(C)c12. The first kappa shape index (κ1) is 12.6. The summed E-state index contributed by atoms with van der Waals surface area (Å²) in [5.41, 5.74) is 2.31. The molecule has 1 aromatic carbocycles. The summed E-state index contributed by atoms with van der Waals surface area (Å²) >= 11 is 0. The van der Waals surface area contributed by atoms with E-state index >= 15 is 0 Å². The Labute approximate surface area is 107 Å². The van der Waals surface area contributed by atoms with Gasteiger partial charge in [0.25, 0.3) is 0 Å². The molecule has 0 radical (unpaired) electrons. The molecule has 0 aliphatic carbocycles. The van der Waals surface area contributed by atoms with E-state index in [0.717, 1.165) is 16.6 Å². The first-order valence-electron chi connectivity index (χ1n) is 5.90. The van der Waals surface area contributed by atoms with Crippen molar-refractivity contribution in [3.8, 4) is 0 Å². The van der Waals surface area contributed by atoms with Crippen molar-refractivity contribution in [3.63, 3.8) is 0 Å². The van der Waals surface area contributed by atoms with E-state index in [1.807, 2.05) is 19.2 Å². The van der Waals surface area contributed by atoms with Crippen LogP contribution in [-0.4, -0.2) is 22.9 Å². The molecule has 0 saturated heterocycles. The fraction of sp³-hybridized carbons (Fsp3) is 0.429. The maximum absolute atomic E-state index is 11.8. The highest BCUT2D eigenvalue weighted by atomic mass is 16.5. The Balaban J connectivity index is 2.80. The minimum atomic E-state index is -0.330. The lowest BCUT2D eigenvalue weighted by molar-refractivity contribution is 0.0602. The zero-order valence-corrected chi connectivity index (χ0v) is 11.4. The van der Waals surface area contributed by atoms with E-state index < -0.39 is 0 Å². The topological polar surface area (TPSA) is 44.1 Å². The molecule has 1 heterocycles. The van der Waals surface area contributed by atoms with Gasteiger partial charge in [-0.2, -0.15) is 5.10 Å². The third kappa shape index (κ3) is 1.88. The van der Waals surface area contributed by atoms with Gasteiger partial charge >= 0.3 is 5.97 Å². The van der Waals surface area contributed by atoms with Crippen molar-refractivity contribution in [2.24, 2.45) is 7.05 Å². The normalized spacial score (nSPS) is 11.8. The van der Waals surface area contributed by atoms with Gasteiger partial charge in [0.2, 0.25) is 0 Å². The van der Waals surface area contributed by atoms with Gasteiger partial charge in [-0.15, -0.1) is 0 Å². The van der Waals surface area contributed by atoms with Crippen molar-refractivity contribution in [3.05, 3.63) is 29.5 Å². The fourth-order valence-corrected chi connectivity index (χ4v) is 2.17. The van der Waals surface area contributed by atoms with Crippen LogP contribution in [0, 0.1) is 0 Å². The van der Waals surface area contributed by atoms with Crippen LogP contribution in [0.15, 0.2) is 18.2 Å². The van der Waals surface area contributed by atoms with Gasteiger partial charge in [0.1, 0.15) is 0 Å². The van der Waals surface area contributed by atoms with Crippen LogP contribution in [0.3, 0.4) is 0 Å². The lowest BCUT2D eigenvalue weighted by atomic mass is 9.89. The Morgan fingerprint density at radius 1 is 1.33 bits per heavy atom. The average Bonchev–Trinajstić information content (AvgIpc) is 2.66. The van der Waals surface area contributed by atoms with Crippen molar-refractivity contribution in [1.82, 2.24) is 9.78 Å². The number of fused-ring (bicyclic) bond motifs is 1. The van der Waals surface area contributed by atoms with Crippen LogP contribution < -0.4 is 0 Å². The number of carbonyl (C=O) groups is 1. The summed E-state index contributed by atoms with van der Waals surface area (Å²) in [7, 11) is 3.24. The monoisotopic (exact) mass is 246 g/mol. The summed E-state index contributed by atoms with van der Waals surface area (Å²) < 4.78 is 6.57. The Morgan fingerprint density at radius 3 is 2.56 bits per heavy atom. The van der Waals surface area contributed by atoms with E-state index in [1.54, 1.807) is 10.7 Å². The number of rotatable bonds is 1. The van der Waals surface area contributed by atoms with E-state index in [1.165, 1.54) is 7.11 Å². The number of carbonyl (C=O) groups excluding carboxylic acids is 1. The second-order valence-electron chi connectivity index (χ2n) is 5.42. The van der Waals surface area contributed by atoms with Gasteiger partial charge < -0.3 is 4.74 Å². The second-order valence-corrected chi connectivity index (χ2v) is 5.42. The van der Waals surface area contributed by atoms with Gasteiger partial charge in [0.05, 0.1) is 23.9 Å². The molecule has 0 unspecified atom stereocenters. The lowest BCUT2D eigenvalue weighted by Crippen LogP contribution is -2.12. The Morgan fingerprint density at radius 2 is 2.00 bits per heavy atom. The number of methoxy groups -OCH3 is 1. The van der Waals surface area contributed by atoms with Crippen LogP contribution in [0.1, 0.15) is 36.8 Å². The van der Waals surface area contributed by atoms with E-state index in [-0.39, 0.29) is 11.4 Å². The van der Waals surface area contributed by atoms with Crippen molar-refractivity contribution in [2.75, 3.05) is 7.11 Å². The Bertz CT molecular complexity index is 606. The van der Waals surface area contributed by atoms with Crippen LogP contribution in [-0.2, 0) is 17.2 Å². The summed E-state index contributed by atoms with van der Waals surface area (Å²) in [6, 6.07) is 5.63. The molecule has 0 spiro atoms. The number of para-hydroxylation sites is 1. The Kier molecular flexibility index (Phi) is 2.89. The maximum atomic E-state index is 11.8. The maximum Gasteiger partial charge on any atom is 0.340 e. The lowest BCUT2D eigenvalue weighted by Gasteiger charge is -2.15. The molecule has 1 aromatic heterocycles.